The first-order valence-electron chi connectivity index (χ1n) is 6.31. The van der Waals surface area contributed by atoms with Gasteiger partial charge in [-0.05, 0) is 24.6 Å². The molecule has 0 N–H and O–H groups in total. The molecule has 20 heavy (non-hydrogen) atoms. The second-order valence-corrected chi connectivity index (χ2v) is 4.67. The van der Waals surface area contributed by atoms with Crippen LogP contribution in [0.3, 0.4) is 0 Å². The van der Waals surface area contributed by atoms with Crippen LogP contribution in [0, 0.1) is 18.3 Å². The second-order valence-electron chi connectivity index (χ2n) is 4.67. The number of carbonyl (C=O) groups is 1. The highest BCUT2D eigenvalue weighted by Gasteiger charge is 2.12. The van der Waals surface area contributed by atoms with E-state index < -0.39 is 0 Å². The molecule has 3 aromatic rings. The van der Waals surface area contributed by atoms with Gasteiger partial charge in [-0.25, -0.2) is 0 Å². The van der Waals surface area contributed by atoms with Crippen LogP contribution in [0.25, 0.3) is 16.6 Å². The fraction of sp³-hybridized carbons (Fsp3) is 0.0588. The van der Waals surface area contributed by atoms with Gasteiger partial charge in [0.2, 0.25) is 0 Å². The summed E-state index contributed by atoms with van der Waals surface area (Å²) in [6.45, 7) is 1.91. The molecule has 0 aliphatic carbocycles. The van der Waals surface area contributed by atoms with Crippen molar-refractivity contribution < 1.29 is 4.79 Å². The van der Waals surface area contributed by atoms with E-state index in [9.17, 15) is 10.1 Å². The average molecular weight is 260 g/mol. The van der Waals surface area contributed by atoms with Gasteiger partial charge >= 0.3 is 0 Å². The Balaban J connectivity index is 2.40. The van der Waals surface area contributed by atoms with Crippen LogP contribution in [0.5, 0.6) is 0 Å². The molecular formula is C17H12N2O. The SMILES string of the molecule is Cc1cccc(-n2cc(C#N)c3ccccc32)c1C=O. The summed E-state index contributed by atoms with van der Waals surface area (Å²) in [5.74, 6) is 0. The first-order chi connectivity index (χ1) is 9.76. The fourth-order valence-corrected chi connectivity index (χ4v) is 2.50. The second kappa shape index (κ2) is 4.67. The van der Waals surface area contributed by atoms with E-state index >= 15 is 0 Å². The highest BCUT2D eigenvalue weighted by atomic mass is 16.1. The number of benzene rings is 2. The van der Waals surface area contributed by atoms with E-state index in [1.54, 1.807) is 6.20 Å². The van der Waals surface area contributed by atoms with Crippen molar-refractivity contribution in [2.24, 2.45) is 0 Å². The summed E-state index contributed by atoms with van der Waals surface area (Å²) >= 11 is 0. The van der Waals surface area contributed by atoms with Crippen molar-refractivity contribution in [2.45, 2.75) is 6.92 Å². The summed E-state index contributed by atoms with van der Waals surface area (Å²) in [7, 11) is 0. The zero-order valence-corrected chi connectivity index (χ0v) is 11.0. The van der Waals surface area contributed by atoms with Crippen LogP contribution in [0.2, 0.25) is 0 Å². The Labute approximate surface area is 116 Å². The number of aryl methyl sites for hydroxylation is 1. The maximum absolute atomic E-state index is 11.4. The lowest BCUT2D eigenvalue weighted by molar-refractivity contribution is 0.112. The van der Waals surface area contributed by atoms with Crippen LogP contribution in [0.4, 0.5) is 0 Å². The van der Waals surface area contributed by atoms with E-state index in [0.717, 1.165) is 28.4 Å². The van der Waals surface area contributed by atoms with Crippen LogP contribution in [-0.4, -0.2) is 10.9 Å². The molecule has 0 aliphatic rings. The zero-order chi connectivity index (χ0) is 14.1. The van der Waals surface area contributed by atoms with Gasteiger partial charge in [0.1, 0.15) is 6.07 Å². The molecule has 0 aliphatic heterocycles. The summed E-state index contributed by atoms with van der Waals surface area (Å²) in [5, 5.41) is 10.1. The molecule has 0 radical (unpaired) electrons. The van der Waals surface area contributed by atoms with E-state index in [2.05, 4.69) is 6.07 Å². The van der Waals surface area contributed by atoms with E-state index in [4.69, 9.17) is 0 Å². The third kappa shape index (κ3) is 1.70. The molecule has 96 valence electrons. The van der Waals surface area contributed by atoms with E-state index in [0.29, 0.717) is 11.1 Å². The third-order valence-corrected chi connectivity index (χ3v) is 3.51. The van der Waals surface area contributed by atoms with Gasteiger partial charge in [0.15, 0.2) is 6.29 Å². The van der Waals surface area contributed by atoms with Gasteiger partial charge in [-0.2, -0.15) is 5.26 Å². The quantitative estimate of drug-likeness (QED) is 0.660. The molecule has 1 aromatic heterocycles. The largest absolute Gasteiger partial charge is 0.314 e. The molecular weight excluding hydrogens is 248 g/mol. The number of nitrogens with zero attached hydrogens (tertiary/aromatic N) is 2. The molecule has 0 amide bonds. The number of carbonyl (C=O) groups excluding carboxylic acids is 1. The Morgan fingerprint density at radius 2 is 1.95 bits per heavy atom. The molecule has 0 saturated heterocycles. The van der Waals surface area contributed by atoms with Crippen molar-refractivity contribution in [1.29, 1.82) is 5.26 Å². The normalized spacial score (nSPS) is 10.4. The van der Waals surface area contributed by atoms with Crippen LogP contribution >= 0.6 is 0 Å². The molecule has 0 unspecified atom stereocenters. The molecule has 3 nitrogen and oxygen atoms in total. The summed E-state index contributed by atoms with van der Waals surface area (Å²) in [6, 6.07) is 15.6. The highest BCUT2D eigenvalue weighted by molar-refractivity contribution is 5.90. The summed E-state index contributed by atoms with van der Waals surface area (Å²) in [5.41, 5.74) is 3.92. The Hall–Kier alpha value is -2.86. The first kappa shape index (κ1) is 12.2. The third-order valence-electron chi connectivity index (χ3n) is 3.51. The predicted octanol–water partition coefficient (Wildman–Crippen LogP) is 3.62. The number of para-hydroxylation sites is 1. The minimum atomic E-state index is 0.610. The fourth-order valence-electron chi connectivity index (χ4n) is 2.50. The number of hydrogen-bond acceptors (Lipinski definition) is 2. The topological polar surface area (TPSA) is 45.8 Å². The smallest absolute Gasteiger partial charge is 0.152 e. The molecule has 3 heteroatoms. The molecule has 0 spiro atoms. The first-order valence-corrected chi connectivity index (χ1v) is 6.31. The average Bonchev–Trinajstić information content (AvgIpc) is 2.85. The van der Waals surface area contributed by atoms with Crippen molar-refractivity contribution in [3.8, 4) is 11.8 Å². The monoisotopic (exact) mass is 260 g/mol. The number of fused-ring (bicyclic) bond motifs is 1. The van der Waals surface area contributed by atoms with E-state index in [1.165, 1.54) is 0 Å². The lowest BCUT2D eigenvalue weighted by atomic mass is 10.1. The molecule has 3 rings (SSSR count). The Bertz CT molecular complexity index is 853. The molecule has 1 heterocycles. The minimum Gasteiger partial charge on any atom is -0.314 e. The van der Waals surface area contributed by atoms with Gasteiger partial charge in [0, 0.05) is 17.1 Å². The molecule has 0 atom stereocenters. The number of rotatable bonds is 2. The maximum atomic E-state index is 11.4. The van der Waals surface area contributed by atoms with Gasteiger partial charge in [-0.3, -0.25) is 4.79 Å². The van der Waals surface area contributed by atoms with Gasteiger partial charge in [-0.15, -0.1) is 0 Å². The highest BCUT2D eigenvalue weighted by Crippen LogP contribution is 2.26. The summed E-state index contributed by atoms with van der Waals surface area (Å²) < 4.78 is 1.91. The van der Waals surface area contributed by atoms with Gasteiger partial charge in [0.25, 0.3) is 0 Å². The van der Waals surface area contributed by atoms with Crippen molar-refractivity contribution in [1.82, 2.24) is 4.57 Å². The molecule has 0 bridgehead atoms. The van der Waals surface area contributed by atoms with Crippen LogP contribution in [0.15, 0.2) is 48.7 Å². The number of aldehydes is 1. The van der Waals surface area contributed by atoms with Crippen LogP contribution in [0.1, 0.15) is 21.5 Å². The van der Waals surface area contributed by atoms with Crippen LogP contribution in [-0.2, 0) is 0 Å². The van der Waals surface area contributed by atoms with Crippen LogP contribution < -0.4 is 0 Å². The molecule has 2 aromatic carbocycles. The van der Waals surface area contributed by atoms with E-state index in [-0.39, 0.29) is 0 Å². The van der Waals surface area contributed by atoms with Gasteiger partial charge in [0.05, 0.1) is 16.8 Å². The van der Waals surface area contributed by atoms with Gasteiger partial charge < -0.3 is 4.57 Å². The number of aromatic nitrogens is 1. The minimum absolute atomic E-state index is 0.610. The van der Waals surface area contributed by atoms with Crippen molar-refractivity contribution in [2.75, 3.05) is 0 Å². The van der Waals surface area contributed by atoms with Crippen molar-refractivity contribution >= 4 is 17.2 Å². The van der Waals surface area contributed by atoms with E-state index in [1.807, 2.05) is 54.0 Å². The van der Waals surface area contributed by atoms with Crippen molar-refractivity contribution in [3.05, 3.63) is 65.4 Å². The lowest BCUT2D eigenvalue weighted by Gasteiger charge is -2.10. The number of nitriles is 1. The summed E-state index contributed by atoms with van der Waals surface area (Å²) in [4.78, 5) is 11.4. The lowest BCUT2D eigenvalue weighted by Crippen LogP contribution is -1.99. The van der Waals surface area contributed by atoms with Gasteiger partial charge in [-0.1, -0.05) is 30.3 Å². The zero-order valence-electron chi connectivity index (χ0n) is 11.0. The number of hydrogen-bond donors (Lipinski definition) is 0. The maximum Gasteiger partial charge on any atom is 0.152 e. The summed E-state index contributed by atoms with van der Waals surface area (Å²) in [6.07, 6.45) is 2.65. The molecule has 0 fully saturated rings. The Morgan fingerprint density at radius 3 is 2.70 bits per heavy atom. The molecule has 0 saturated carbocycles. The Morgan fingerprint density at radius 1 is 1.15 bits per heavy atom. The van der Waals surface area contributed by atoms with Crippen molar-refractivity contribution in [3.63, 3.8) is 0 Å². The Kier molecular flexibility index (Phi) is 2.85. The standard InChI is InChI=1S/C17H12N2O/c1-12-5-4-8-17(15(12)11-20)19-10-13(9-18)14-6-2-3-7-16(14)19/h2-8,10-11H,1H3. The predicted molar refractivity (Wildman–Crippen MR) is 78.1 cm³/mol.